The van der Waals surface area contributed by atoms with E-state index >= 15 is 0 Å². The fourth-order valence-corrected chi connectivity index (χ4v) is 0. The molecule has 0 rings (SSSR count). The molecule has 0 saturated heterocycles. The molecule has 14 heteroatoms. The Morgan fingerprint density at radius 1 is 0.500 bits per heavy atom. The Morgan fingerprint density at radius 2 is 0.500 bits per heavy atom. The third-order valence-electron chi connectivity index (χ3n) is 0. The van der Waals surface area contributed by atoms with Gasteiger partial charge < -0.3 is 27.3 Å². The van der Waals surface area contributed by atoms with Crippen molar-refractivity contribution in [2.75, 3.05) is 0 Å². The zero-order chi connectivity index (χ0) is 10.7. The first-order valence-electron chi connectivity index (χ1n) is 1.50. The van der Waals surface area contributed by atoms with Crippen LogP contribution in [0.25, 0.3) is 0 Å². The molecule has 0 aliphatic heterocycles. The van der Waals surface area contributed by atoms with E-state index in [1.165, 1.54) is 0 Å². The maximum atomic E-state index is 8.44. The molecule has 11 nitrogen and oxygen atoms in total. The van der Waals surface area contributed by atoms with Gasteiger partial charge in [0.05, 0.1) is 0 Å². The van der Waals surface area contributed by atoms with E-state index in [1.807, 2.05) is 0 Å². The predicted octanol–water partition coefficient (Wildman–Crippen LogP) is -3.97. The molecule has 0 aromatic heterocycles. The molecule has 0 fully saturated rings. The fourth-order valence-electron chi connectivity index (χ4n) is 0. The summed E-state index contributed by atoms with van der Waals surface area (Å²) in [5.41, 5.74) is 0. The summed E-state index contributed by atoms with van der Waals surface area (Å²) in [6.07, 6.45) is 0. The average Bonchev–Trinajstić information content (AvgIpc) is 1.54. The van der Waals surface area contributed by atoms with Gasteiger partial charge in [-0.2, -0.15) is 0 Å². The van der Waals surface area contributed by atoms with Gasteiger partial charge in [-0.25, -0.2) is 0 Å². The van der Waals surface area contributed by atoms with E-state index in [4.69, 9.17) is 39.9 Å². The van der Waals surface area contributed by atoms with Gasteiger partial charge in [0.2, 0.25) is 0 Å². The monoisotopic (exact) mass is 268 g/mol. The molecule has 0 atom stereocenters. The second-order valence-corrected chi connectivity index (χ2v) is 1.84. The molecule has 0 aliphatic rings. The van der Waals surface area contributed by atoms with Crippen molar-refractivity contribution in [2.24, 2.45) is 0 Å². The standard InChI is InChI=1S/2N.3H2O3S/c;;3*1-4(2)3/h;;3*(H2,1,2,3)/q2*+3;;;/p-6. The maximum Gasteiger partial charge on any atom is 3.00 e. The van der Waals surface area contributed by atoms with E-state index in [9.17, 15) is 0 Å². The van der Waals surface area contributed by atoms with Crippen LogP contribution in [-0.2, 0) is 34.1 Å². The van der Waals surface area contributed by atoms with Crippen LogP contribution in [0.5, 0.6) is 0 Å². The highest BCUT2D eigenvalue weighted by molar-refractivity contribution is 7.73. The van der Waals surface area contributed by atoms with Crippen LogP contribution >= 0.6 is 0 Å². The van der Waals surface area contributed by atoms with Crippen LogP contribution < -0.4 is 12.3 Å². The largest absolute Gasteiger partial charge is 3.00 e. The van der Waals surface area contributed by atoms with Crippen molar-refractivity contribution >= 4 is 34.1 Å². The Labute approximate surface area is 86.8 Å². The van der Waals surface area contributed by atoms with E-state index < -0.39 is 34.1 Å². The Balaban J connectivity index is -0.0000000270. The molecule has 0 N–H and O–H groups in total. The second-order valence-electron chi connectivity index (χ2n) is 0.612. The molecule has 0 bridgehead atoms. The molecule has 0 spiro atoms. The smallest absolute Gasteiger partial charge is 0.784 e. The maximum absolute atomic E-state index is 8.44. The van der Waals surface area contributed by atoms with Gasteiger partial charge in [0.1, 0.15) is 0 Å². The third kappa shape index (κ3) is 9600. The molecule has 0 saturated carbocycles. The summed E-state index contributed by atoms with van der Waals surface area (Å²) in [5, 5.41) is 0. The van der Waals surface area contributed by atoms with Crippen molar-refractivity contribution < 1.29 is 39.9 Å². The van der Waals surface area contributed by atoms with Gasteiger partial charge >= 0.3 is 12.3 Å². The molecule has 0 unspecified atom stereocenters. The summed E-state index contributed by atoms with van der Waals surface area (Å²) < 4.78 is 76.0. The number of rotatable bonds is 0. The summed E-state index contributed by atoms with van der Waals surface area (Å²) in [4.78, 5) is 0. The highest BCUT2D eigenvalue weighted by Crippen LogP contribution is 1.43. The summed E-state index contributed by atoms with van der Waals surface area (Å²) >= 11 is -9.33. The van der Waals surface area contributed by atoms with E-state index in [-0.39, 0.29) is 12.3 Å². The first-order chi connectivity index (χ1) is 5.20. The summed E-state index contributed by atoms with van der Waals surface area (Å²) in [6, 6.07) is 0. The topological polar surface area (TPSA) is 251 Å². The molecule has 0 aromatic rings. The van der Waals surface area contributed by atoms with Gasteiger partial charge in [-0.3, -0.25) is 12.6 Å². The zero-order valence-corrected chi connectivity index (χ0v) is 8.24. The van der Waals surface area contributed by atoms with E-state index in [1.54, 1.807) is 0 Å². The highest BCUT2D eigenvalue weighted by atomic mass is 32.2. The van der Waals surface area contributed by atoms with Crippen molar-refractivity contribution in [3.05, 3.63) is 0 Å². The number of hydrogen-bond donors (Lipinski definition) is 0. The molecule has 14 heavy (non-hydrogen) atoms. The van der Waals surface area contributed by atoms with Crippen molar-refractivity contribution in [3.63, 3.8) is 0 Å². The van der Waals surface area contributed by atoms with Crippen LogP contribution in [0.4, 0.5) is 0 Å². The quantitative estimate of drug-likeness (QED) is 0.387. The normalized spacial score (nSPS) is 7.50. The lowest BCUT2D eigenvalue weighted by atomic mass is 14.0. The minimum Gasteiger partial charge on any atom is -0.784 e. The van der Waals surface area contributed by atoms with Gasteiger partial charge in [-0.15, -0.1) is 34.1 Å². The summed E-state index contributed by atoms with van der Waals surface area (Å²) in [7, 11) is 0. The Hall–Kier alpha value is -0.370. The fraction of sp³-hybridized carbons (Fsp3) is 0. The van der Waals surface area contributed by atoms with Crippen molar-refractivity contribution in [3.8, 4) is 0 Å². The Kier molecular flexibility index (Phi) is 47.8. The van der Waals surface area contributed by atoms with Gasteiger partial charge in [-0.1, -0.05) is 0 Å². The molecule has 0 heterocycles. The van der Waals surface area contributed by atoms with Gasteiger partial charge in [0.15, 0.2) is 0 Å². The summed E-state index contributed by atoms with van der Waals surface area (Å²) in [5.74, 6) is 0. The molecule has 0 aliphatic carbocycles. The lowest BCUT2D eigenvalue weighted by molar-refractivity contribution is 0.417. The minimum absolute atomic E-state index is 0. The first kappa shape index (κ1) is 29.2. The van der Waals surface area contributed by atoms with Gasteiger partial charge in [0.25, 0.3) is 0 Å². The van der Waals surface area contributed by atoms with Crippen molar-refractivity contribution in [1.29, 1.82) is 0 Å². The van der Waals surface area contributed by atoms with Crippen molar-refractivity contribution in [2.45, 2.75) is 0 Å². The van der Waals surface area contributed by atoms with E-state index in [0.717, 1.165) is 0 Å². The molecule has 82 valence electrons. The average molecular weight is 268 g/mol. The lowest BCUT2D eigenvalue weighted by Gasteiger charge is -2.03. The number of nitrogens with zero attached hydrogens (tertiary/aromatic N) is 2. The van der Waals surface area contributed by atoms with Crippen LogP contribution in [-0.4, -0.2) is 39.9 Å². The second kappa shape index (κ2) is 22.9. The molecular weight excluding hydrogens is 268 g/mol. The number of hydrogen-bond acceptors (Lipinski definition) is 9. The molecular formula is N2O9S3. The van der Waals surface area contributed by atoms with E-state index in [2.05, 4.69) is 0 Å². The van der Waals surface area contributed by atoms with Crippen LogP contribution in [0.15, 0.2) is 0 Å². The van der Waals surface area contributed by atoms with Crippen LogP contribution in [0.1, 0.15) is 0 Å². The SMILES string of the molecule is O=S([O-])[O-].O=S([O-])[O-].O=S([O-])[O-].[N+3].[N+3]. The van der Waals surface area contributed by atoms with Gasteiger partial charge in [-0.05, 0) is 0 Å². The molecule has 0 aromatic carbocycles. The van der Waals surface area contributed by atoms with Crippen molar-refractivity contribution in [1.82, 2.24) is 12.3 Å². The third-order valence-corrected chi connectivity index (χ3v) is 0. The van der Waals surface area contributed by atoms with Gasteiger partial charge in [0, 0.05) is 0 Å². The molecule has 4 radical (unpaired) electrons. The Bertz CT molecular complexity index is 116. The zero-order valence-electron chi connectivity index (χ0n) is 5.79. The minimum atomic E-state index is -3.11. The summed E-state index contributed by atoms with van der Waals surface area (Å²) in [6.45, 7) is 0. The van der Waals surface area contributed by atoms with Crippen LogP contribution in [0.3, 0.4) is 0 Å². The highest BCUT2D eigenvalue weighted by Gasteiger charge is 3.00. The predicted molar refractivity (Wildman–Crippen MR) is 33.4 cm³/mol. The Morgan fingerprint density at radius 3 is 0.500 bits per heavy atom. The molecule has 0 amide bonds. The van der Waals surface area contributed by atoms with Crippen LogP contribution in [0, 0.1) is 0 Å². The lowest BCUT2D eigenvalue weighted by Crippen LogP contribution is -1.76. The van der Waals surface area contributed by atoms with E-state index in [0.29, 0.717) is 0 Å². The van der Waals surface area contributed by atoms with Crippen LogP contribution in [0.2, 0.25) is 0 Å². The first-order valence-corrected chi connectivity index (χ1v) is 4.50.